The van der Waals surface area contributed by atoms with Crippen molar-refractivity contribution in [2.75, 3.05) is 0 Å². The average Bonchev–Trinajstić information content (AvgIpc) is 2.26. The summed E-state index contributed by atoms with van der Waals surface area (Å²) in [4.78, 5) is 4.18. The van der Waals surface area contributed by atoms with Crippen LogP contribution in [0.3, 0.4) is 0 Å². The molecule has 1 aromatic rings. The SMILES string of the molecule is C=[C](CC(O)/C=C/c1ccccc1)[Sn]([CH3])([CH3])[Cl]. The first kappa shape index (κ1) is 14.8. The number of halogens is 1. The van der Waals surface area contributed by atoms with Crippen molar-refractivity contribution in [2.45, 2.75) is 22.4 Å². The van der Waals surface area contributed by atoms with Crippen LogP contribution in [0.5, 0.6) is 0 Å². The number of hydrogen-bond donors (Lipinski definition) is 1. The third-order valence-electron chi connectivity index (χ3n) is 2.61. The standard InChI is InChI=1S/C12H13O.2CH3.ClH.Sn/c1-2-6-12(13)10-9-11-7-4-3-5-8-11;;;;/h3-5,7-10,12-13H,1,6H2;2*1H3;1H;/q;;;;+1/p-1/b10-9+;;;;. The topological polar surface area (TPSA) is 20.2 Å². The molecule has 1 N–H and O–H groups in total. The summed E-state index contributed by atoms with van der Waals surface area (Å²) in [6.45, 7) is 3.99. The van der Waals surface area contributed by atoms with Gasteiger partial charge in [0.15, 0.2) is 0 Å². The molecule has 0 aromatic heterocycles. The van der Waals surface area contributed by atoms with Crippen LogP contribution in [0.25, 0.3) is 6.08 Å². The quantitative estimate of drug-likeness (QED) is 0.790. The number of aliphatic hydroxyl groups is 1. The first-order valence-corrected chi connectivity index (χ1v) is 16.4. The Morgan fingerprint density at radius 3 is 2.53 bits per heavy atom. The average molecular weight is 357 g/mol. The summed E-state index contributed by atoms with van der Waals surface area (Å²) in [5.41, 5.74) is 1.09. The number of rotatable bonds is 5. The molecule has 1 atom stereocenters. The molecule has 1 unspecified atom stereocenters. The van der Waals surface area contributed by atoms with Gasteiger partial charge in [-0.1, -0.05) is 0 Å². The molecule has 1 rings (SSSR count). The first-order valence-electron chi connectivity index (χ1n) is 5.68. The van der Waals surface area contributed by atoms with Gasteiger partial charge in [-0.25, -0.2) is 0 Å². The second-order valence-electron chi connectivity index (χ2n) is 4.62. The molecular weight excluding hydrogens is 338 g/mol. The molecule has 0 radical (unpaired) electrons. The molecular formula is C14H19ClOSn. The van der Waals surface area contributed by atoms with Gasteiger partial charge in [0, 0.05) is 0 Å². The van der Waals surface area contributed by atoms with Crippen LogP contribution < -0.4 is 0 Å². The number of aliphatic hydroxyl groups excluding tert-OH is 1. The molecule has 0 saturated carbocycles. The maximum absolute atomic E-state index is 9.87. The summed E-state index contributed by atoms with van der Waals surface area (Å²) in [5.74, 6) is 0. The van der Waals surface area contributed by atoms with E-state index in [1.54, 1.807) is 6.08 Å². The molecule has 1 nitrogen and oxygen atoms in total. The summed E-state index contributed by atoms with van der Waals surface area (Å²) >= 11 is -2.55. The fraction of sp³-hybridized carbons (Fsp3) is 0.286. The predicted molar refractivity (Wildman–Crippen MR) is 78.6 cm³/mol. The number of hydrogen-bond acceptors (Lipinski definition) is 1. The van der Waals surface area contributed by atoms with Gasteiger partial charge in [-0.2, -0.15) is 0 Å². The van der Waals surface area contributed by atoms with Crippen LogP contribution in [0, 0.1) is 0 Å². The van der Waals surface area contributed by atoms with Crippen LogP contribution in [0.4, 0.5) is 0 Å². The van der Waals surface area contributed by atoms with Gasteiger partial charge in [-0.15, -0.1) is 0 Å². The molecule has 92 valence electrons. The van der Waals surface area contributed by atoms with Gasteiger partial charge in [0.2, 0.25) is 0 Å². The van der Waals surface area contributed by atoms with E-state index in [0.29, 0.717) is 6.42 Å². The van der Waals surface area contributed by atoms with Crippen LogP contribution in [-0.2, 0) is 0 Å². The van der Waals surface area contributed by atoms with Gasteiger partial charge in [0.25, 0.3) is 0 Å². The van der Waals surface area contributed by atoms with Crippen molar-refractivity contribution >= 4 is 32.2 Å². The van der Waals surface area contributed by atoms with Crippen molar-refractivity contribution in [1.82, 2.24) is 0 Å². The zero-order valence-electron chi connectivity index (χ0n) is 10.4. The molecule has 0 heterocycles. The van der Waals surface area contributed by atoms with Crippen LogP contribution in [0.1, 0.15) is 12.0 Å². The van der Waals surface area contributed by atoms with Gasteiger partial charge >= 0.3 is 112 Å². The molecule has 0 amide bonds. The van der Waals surface area contributed by atoms with Gasteiger partial charge in [0.1, 0.15) is 0 Å². The van der Waals surface area contributed by atoms with E-state index in [1.807, 2.05) is 36.4 Å². The fourth-order valence-corrected chi connectivity index (χ4v) is 3.85. The summed E-state index contributed by atoms with van der Waals surface area (Å²) in [5, 5.41) is 9.87. The second-order valence-corrected chi connectivity index (χ2v) is 21.4. The van der Waals surface area contributed by atoms with Crippen molar-refractivity contribution in [3.8, 4) is 0 Å². The van der Waals surface area contributed by atoms with Gasteiger partial charge < -0.3 is 0 Å². The molecule has 0 fully saturated rings. The molecule has 0 aliphatic rings. The van der Waals surface area contributed by atoms with Crippen LogP contribution >= 0.6 is 8.92 Å². The second kappa shape index (κ2) is 6.62. The molecule has 0 aliphatic heterocycles. The Balaban J connectivity index is 2.53. The molecule has 17 heavy (non-hydrogen) atoms. The Labute approximate surface area is 111 Å². The Bertz CT molecular complexity index is 392. The van der Waals surface area contributed by atoms with Crippen molar-refractivity contribution < 1.29 is 5.11 Å². The van der Waals surface area contributed by atoms with Crippen molar-refractivity contribution in [3.05, 3.63) is 52.1 Å². The van der Waals surface area contributed by atoms with Crippen molar-refractivity contribution in [3.63, 3.8) is 0 Å². The molecule has 0 bridgehead atoms. The van der Waals surface area contributed by atoms with E-state index in [-0.39, 0.29) is 0 Å². The third-order valence-corrected chi connectivity index (χ3v) is 9.78. The Kier molecular flexibility index (Phi) is 5.77. The molecule has 0 saturated heterocycles. The Morgan fingerprint density at radius 2 is 2.00 bits per heavy atom. The zero-order valence-corrected chi connectivity index (χ0v) is 14.0. The molecule has 1 aromatic carbocycles. The predicted octanol–water partition coefficient (Wildman–Crippen LogP) is 3.99. The molecule has 3 heteroatoms. The van der Waals surface area contributed by atoms with E-state index in [1.165, 1.54) is 0 Å². The minimum absolute atomic E-state index is 0.488. The fourth-order valence-electron chi connectivity index (χ4n) is 1.35. The van der Waals surface area contributed by atoms with E-state index in [2.05, 4.69) is 16.5 Å². The summed E-state index contributed by atoms with van der Waals surface area (Å²) in [6, 6.07) is 9.93. The molecule has 0 spiro atoms. The van der Waals surface area contributed by atoms with Crippen molar-refractivity contribution in [2.24, 2.45) is 0 Å². The normalized spacial score (nSPS) is 13.9. The van der Waals surface area contributed by atoms with Gasteiger partial charge in [0.05, 0.1) is 0 Å². The van der Waals surface area contributed by atoms with E-state index in [0.717, 1.165) is 9.15 Å². The van der Waals surface area contributed by atoms with E-state index >= 15 is 0 Å². The van der Waals surface area contributed by atoms with Crippen LogP contribution in [0.2, 0.25) is 9.88 Å². The summed E-state index contributed by atoms with van der Waals surface area (Å²) < 4.78 is 1.05. The zero-order chi connectivity index (χ0) is 12.9. The Morgan fingerprint density at radius 1 is 1.41 bits per heavy atom. The summed E-state index contributed by atoms with van der Waals surface area (Å²) in [6.07, 6.45) is 3.82. The first-order chi connectivity index (χ1) is 7.89. The van der Waals surface area contributed by atoms with Crippen LogP contribution in [-0.4, -0.2) is 28.5 Å². The third kappa shape index (κ3) is 5.75. The molecule has 0 aliphatic carbocycles. The van der Waals surface area contributed by atoms with Crippen molar-refractivity contribution in [1.29, 1.82) is 0 Å². The van der Waals surface area contributed by atoms with E-state index < -0.39 is 23.4 Å². The van der Waals surface area contributed by atoms with Gasteiger partial charge in [-0.3, -0.25) is 0 Å². The Hall–Kier alpha value is -0.251. The minimum atomic E-state index is -2.55. The van der Waals surface area contributed by atoms with Crippen LogP contribution in [0.15, 0.2) is 46.6 Å². The van der Waals surface area contributed by atoms with Gasteiger partial charge in [-0.05, 0) is 0 Å². The van der Waals surface area contributed by atoms with E-state index in [9.17, 15) is 5.11 Å². The monoisotopic (exact) mass is 358 g/mol. The summed E-state index contributed by atoms with van der Waals surface area (Å²) in [7, 11) is 6.32. The van der Waals surface area contributed by atoms with E-state index in [4.69, 9.17) is 8.92 Å². The maximum atomic E-state index is 9.87. The number of benzene rings is 1.